The van der Waals surface area contributed by atoms with Gasteiger partial charge in [0.15, 0.2) is 0 Å². The van der Waals surface area contributed by atoms with Crippen LogP contribution < -0.4 is 0 Å². The highest BCUT2D eigenvalue weighted by molar-refractivity contribution is 7.86. The van der Waals surface area contributed by atoms with Crippen molar-refractivity contribution >= 4 is 40.4 Å². The van der Waals surface area contributed by atoms with Crippen molar-refractivity contribution in [1.82, 2.24) is 14.7 Å². The van der Waals surface area contributed by atoms with Gasteiger partial charge in [0.1, 0.15) is 12.6 Å². The molecule has 0 radical (unpaired) electrons. The van der Waals surface area contributed by atoms with Gasteiger partial charge in [0.2, 0.25) is 5.91 Å². The molecule has 3 rings (SSSR count). The molecule has 1 N–H and O–H groups in total. The smallest absolute Gasteiger partial charge is 0.445 e. The molecular formula is C19H25F3N4O8S2. The maximum absolute atomic E-state index is 12.9. The van der Waals surface area contributed by atoms with Crippen molar-refractivity contribution in [2.45, 2.75) is 29.8 Å². The first-order valence-electron chi connectivity index (χ1n) is 10.5. The lowest BCUT2D eigenvalue weighted by Crippen LogP contribution is -2.53. The molecule has 0 spiro atoms. The van der Waals surface area contributed by atoms with E-state index in [1.807, 2.05) is 7.05 Å². The van der Waals surface area contributed by atoms with Crippen LogP contribution in [0.5, 0.6) is 0 Å². The molecule has 0 saturated carbocycles. The Kier molecular flexibility index (Phi) is 9.93. The highest BCUT2D eigenvalue weighted by atomic mass is 32.2. The number of non-ortho nitro benzene ring substituents is 1. The normalized spacial score (nSPS) is 20.9. The predicted octanol–water partition coefficient (Wildman–Crippen LogP) is 1.77. The summed E-state index contributed by atoms with van der Waals surface area (Å²) < 4.78 is 62.9. The molecule has 0 unspecified atom stereocenters. The molecule has 0 bridgehead atoms. The zero-order chi connectivity index (χ0) is 27.3. The lowest BCUT2D eigenvalue weighted by Gasteiger charge is -2.35. The molecule has 2 aliphatic heterocycles. The van der Waals surface area contributed by atoms with E-state index >= 15 is 0 Å². The van der Waals surface area contributed by atoms with Gasteiger partial charge in [-0.15, -0.1) is 0 Å². The zero-order valence-electron chi connectivity index (χ0n) is 19.0. The average Bonchev–Trinajstić information content (AvgIpc) is 3.18. The van der Waals surface area contributed by atoms with Gasteiger partial charge in [0.25, 0.3) is 5.69 Å². The monoisotopic (exact) mass is 558 g/mol. The number of likely N-dealkylation sites (N-methyl/N-ethyl adjacent to an activating group) is 1. The fourth-order valence-electron chi connectivity index (χ4n) is 3.43. The van der Waals surface area contributed by atoms with Crippen LogP contribution in [0.25, 0.3) is 0 Å². The fraction of sp³-hybridized carbons (Fsp3) is 0.579. The van der Waals surface area contributed by atoms with Gasteiger partial charge in [-0.05, 0) is 31.2 Å². The number of ether oxygens (including phenoxy) is 1. The summed E-state index contributed by atoms with van der Waals surface area (Å²) in [4.78, 5) is 41.1. The minimum absolute atomic E-state index is 0.0139. The minimum Gasteiger partial charge on any atom is -0.445 e. The summed E-state index contributed by atoms with van der Waals surface area (Å²) in [5.74, 6) is -0.0584. The first-order chi connectivity index (χ1) is 16.6. The van der Waals surface area contributed by atoms with Gasteiger partial charge in [-0.2, -0.15) is 34.2 Å². The Balaban J connectivity index is 0.000000493. The Labute approximate surface area is 210 Å². The van der Waals surface area contributed by atoms with Crippen LogP contribution in [-0.4, -0.2) is 101 Å². The Morgan fingerprint density at radius 2 is 1.72 bits per heavy atom. The second-order valence-electron chi connectivity index (χ2n) is 8.09. The van der Waals surface area contributed by atoms with Crippen LogP contribution in [-0.2, 0) is 26.3 Å². The maximum atomic E-state index is 12.9. The molecule has 36 heavy (non-hydrogen) atoms. The number of hydrogen-bond acceptors (Lipinski definition) is 9. The molecule has 2 atom stereocenters. The van der Waals surface area contributed by atoms with Gasteiger partial charge >= 0.3 is 21.7 Å². The predicted molar refractivity (Wildman–Crippen MR) is 123 cm³/mol. The number of hydrogen-bond donors (Lipinski definition) is 2. The number of halogens is 3. The van der Waals surface area contributed by atoms with Gasteiger partial charge in [0.05, 0.1) is 4.92 Å². The van der Waals surface area contributed by atoms with Crippen LogP contribution >= 0.6 is 12.6 Å². The summed E-state index contributed by atoms with van der Waals surface area (Å²) in [6.45, 7) is 3.26. The number of rotatable bonds is 4. The number of thiol groups is 1. The fourth-order valence-corrected chi connectivity index (χ4v) is 3.80. The Hall–Kier alpha value is -2.63. The lowest BCUT2D eigenvalue weighted by molar-refractivity contribution is -0.384. The number of nitrogens with zero attached hydrogens (tertiary/aromatic N) is 4. The molecule has 12 nitrogen and oxygen atoms in total. The Bertz CT molecular complexity index is 1050. The number of nitro benzene ring substituents is 1. The third-order valence-electron chi connectivity index (χ3n) is 5.42. The number of benzene rings is 1. The van der Waals surface area contributed by atoms with Gasteiger partial charge in [-0.1, -0.05) is 0 Å². The average molecular weight is 559 g/mol. The highest BCUT2D eigenvalue weighted by Gasteiger charge is 2.44. The van der Waals surface area contributed by atoms with E-state index in [1.54, 1.807) is 17.0 Å². The van der Waals surface area contributed by atoms with Crippen LogP contribution in [0.1, 0.15) is 12.0 Å². The molecule has 1 aromatic carbocycles. The first-order valence-corrected chi connectivity index (χ1v) is 12.4. The van der Waals surface area contributed by atoms with Gasteiger partial charge in [0, 0.05) is 50.1 Å². The minimum atomic E-state index is -5.84. The molecule has 2 aliphatic rings. The van der Waals surface area contributed by atoms with Gasteiger partial charge in [-0.25, -0.2) is 4.79 Å². The molecule has 2 fully saturated rings. The van der Waals surface area contributed by atoms with Crippen LogP contribution in [0, 0.1) is 10.1 Å². The van der Waals surface area contributed by atoms with Crippen molar-refractivity contribution in [3.63, 3.8) is 0 Å². The molecule has 202 valence electrons. The van der Waals surface area contributed by atoms with E-state index in [4.69, 9.17) is 17.7 Å². The van der Waals surface area contributed by atoms with E-state index in [0.717, 1.165) is 13.1 Å². The quantitative estimate of drug-likeness (QED) is 0.185. The van der Waals surface area contributed by atoms with E-state index in [1.165, 1.54) is 17.0 Å². The SMILES string of the molecule is CN1CCN(C(=O)[C@@H]2C[C@H](S)CN2C(=O)OCc2ccc([N+](=O)[O-])cc2)CC1.O=S(=O)(O)C(F)(F)F. The van der Waals surface area contributed by atoms with Crippen molar-refractivity contribution in [3.05, 3.63) is 39.9 Å². The van der Waals surface area contributed by atoms with Crippen molar-refractivity contribution in [1.29, 1.82) is 0 Å². The molecule has 2 heterocycles. The van der Waals surface area contributed by atoms with E-state index in [-0.39, 0.29) is 23.5 Å². The van der Waals surface area contributed by atoms with Crippen molar-refractivity contribution in [2.75, 3.05) is 39.8 Å². The van der Waals surface area contributed by atoms with Crippen LogP contribution in [0.3, 0.4) is 0 Å². The maximum Gasteiger partial charge on any atom is 0.522 e. The number of alkyl halides is 3. The van der Waals surface area contributed by atoms with Crippen LogP contribution in [0.4, 0.5) is 23.7 Å². The van der Waals surface area contributed by atoms with Crippen LogP contribution in [0.2, 0.25) is 0 Å². The highest BCUT2D eigenvalue weighted by Crippen LogP contribution is 2.25. The van der Waals surface area contributed by atoms with E-state index in [2.05, 4.69) is 17.5 Å². The summed E-state index contributed by atoms with van der Waals surface area (Å²) in [5, 5.41) is 10.6. The van der Waals surface area contributed by atoms with Crippen molar-refractivity contribution in [3.8, 4) is 0 Å². The third-order valence-corrected chi connectivity index (χ3v) is 6.37. The second-order valence-corrected chi connectivity index (χ2v) is 10.2. The van der Waals surface area contributed by atoms with Crippen molar-refractivity contribution in [2.24, 2.45) is 0 Å². The number of carbonyl (C=O) groups excluding carboxylic acids is 2. The number of nitro groups is 1. The molecular weight excluding hydrogens is 533 g/mol. The first kappa shape index (κ1) is 29.6. The summed E-state index contributed by atoms with van der Waals surface area (Å²) in [5.41, 5.74) is -4.92. The molecule has 0 aliphatic carbocycles. The Morgan fingerprint density at radius 1 is 1.19 bits per heavy atom. The van der Waals surface area contributed by atoms with E-state index in [0.29, 0.717) is 31.6 Å². The third kappa shape index (κ3) is 8.21. The Morgan fingerprint density at radius 3 is 2.19 bits per heavy atom. The summed E-state index contributed by atoms with van der Waals surface area (Å²) in [7, 11) is -3.82. The van der Waals surface area contributed by atoms with Crippen LogP contribution in [0.15, 0.2) is 24.3 Å². The zero-order valence-corrected chi connectivity index (χ0v) is 20.7. The number of carbonyl (C=O) groups is 2. The largest absolute Gasteiger partial charge is 0.522 e. The van der Waals surface area contributed by atoms with Gasteiger partial charge < -0.3 is 14.5 Å². The van der Waals surface area contributed by atoms with Crippen molar-refractivity contribution < 1.29 is 45.4 Å². The summed E-state index contributed by atoms with van der Waals surface area (Å²) in [6, 6.07) is 5.26. The molecule has 17 heteroatoms. The van der Waals surface area contributed by atoms with E-state index in [9.17, 15) is 32.9 Å². The molecule has 2 amide bonds. The van der Waals surface area contributed by atoms with E-state index < -0.39 is 32.7 Å². The second kappa shape index (κ2) is 12.1. The lowest BCUT2D eigenvalue weighted by atomic mass is 10.1. The summed E-state index contributed by atoms with van der Waals surface area (Å²) in [6.07, 6.45) is -0.0663. The number of likely N-dealkylation sites (tertiary alicyclic amines) is 1. The molecule has 2 saturated heterocycles. The molecule has 0 aromatic heterocycles. The standard InChI is InChI=1S/C18H24N4O5S.CHF3O3S/c1-19-6-8-20(9-7-19)17(23)16-10-15(28)11-21(16)18(24)27-12-13-2-4-14(5-3-13)22(25)26;2-1(3,4)8(5,6)7/h2-5,15-16,28H,6-12H2,1H3;(H,5,6,7)/t15-,16-;/m0./s1. The topological polar surface area (TPSA) is 151 Å². The number of amides is 2. The molecule has 1 aromatic rings. The van der Waals surface area contributed by atoms with Gasteiger partial charge in [-0.3, -0.25) is 24.4 Å². The summed E-state index contributed by atoms with van der Waals surface area (Å²) >= 11 is 4.45. The number of piperazine rings is 1.